The summed E-state index contributed by atoms with van der Waals surface area (Å²) in [6, 6.07) is 6.10. The number of benzene rings is 1. The first-order chi connectivity index (χ1) is 11.6. The lowest BCUT2D eigenvalue weighted by Crippen LogP contribution is -2.46. The minimum atomic E-state index is -0.823. The zero-order valence-electron chi connectivity index (χ0n) is 14.7. The van der Waals surface area contributed by atoms with Crippen molar-refractivity contribution in [1.29, 1.82) is 0 Å². The Morgan fingerprint density at radius 1 is 1.33 bits per heavy atom. The number of nitrogens with zero attached hydrogens (tertiary/aromatic N) is 4. The topological polar surface area (TPSA) is 71.3 Å². The van der Waals surface area contributed by atoms with Gasteiger partial charge in [-0.15, -0.1) is 10.2 Å². The first-order valence-electron chi connectivity index (χ1n) is 8.35. The first-order valence-corrected chi connectivity index (χ1v) is 8.35. The molecule has 2 heterocycles. The molecule has 1 saturated heterocycles. The molecule has 2 atom stereocenters. The number of para-hydroxylation sites is 1. The standard InChI is InChI=1S/C17H24N4O3/c1-5-10-17(14-9-11-22-24-14,16-18-20-21(4)19-16)23-15-12(2)7-6-8-13(15)3/h6-8,14H,5,9-11H2,1-4H3. The molecule has 24 heavy (non-hydrogen) atoms. The second-order valence-corrected chi connectivity index (χ2v) is 6.26. The lowest BCUT2D eigenvalue weighted by atomic mass is 9.88. The lowest BCUT2D eigenvalue weighted by molar-refractivity contribution is -0.303. The molecule has 0 spiro atoms. The Morgan fingerprint density at radius 3 is 2.62 bits per heavy atom. The Labute approximate surface area is 141 Å². The Kier molecular flexibility index (Phi) is 4.82. The highest BCUT2D eigenvalue weighted by molar-refractivity contribution is 5.40. The largest absolute Gasteiger partial charge is 0.476 e. The number of ether oxygens (including phenoxy) is 1. The molecule has 0 N–H and O–H groups in total. The van der Waals surface area contributed by atoms with E-state index in [9.17, 15) is 0 Å². The molecule has 2 aromatic rings. The molecular formula is C17H24N4O3. The van der Waals surface area contributed by atoms with Crippen LogP contribution in [0.1, 0.15) is 43.1 Å². The van der Waals surface area contributed by atoms with Crippen molar-refractivity contribution in [3.05, 3.63) is 35.2 Å². The zero-order chi connectivity index (χ0) is 17.2. The zero-order valence-corrected chi connectivity index (χ0v) is 14.7. The van der Waals surface area contributed by atoms with Gasteiger partial charge in [-0.05, 0) is 36.6 Å². The van der Waals surface area contributed by atoms with Crippen molar-refractivity contribution in [2.75, 3.05) is 6.61 Å². The van der Waals surface area contributed by atoms with Crippen LogP contribution in [0.5, 0.6) is 5.75 Å². The van der Waals surface area contributed by atoms with Crippen LogP contribution in [0.3, 0.4) is 0 Å². The summed E-state index contributed by atoms with van der Waals surface area (Å²) in [5.74, 6) is 1.37. The Hall–Kier alpha value is -1.99. The van der Waals surface area contributed by atoms with E-state index in [1.54, 1.807) is 7.05 Å². The van der Waals surface area contributed by atoms with Crippen molar-refractivity contribution >= 4 is 0 Å². The summed E-state index contributed by atoms with van der Waals surface area (Å²) < 4.78 is 6.60. The highest BCUT2D eigenvalue weighted by atomic mass is 17.2. The summed E-state index contributed by atoms with van der Waals surface area (Å²) in [5, 5.41) is 12.7. The van der Waals surface area contributed by atoms with E-state index >= 15 is 0 Å². The van der Waals surface area contributed by atoms with Gasteiger partial charge in [-0.25, -0.2) is 9.78 Å². The Morgan fingerprint density at radius 2 is 2.08 bits per heavy atom. The van der Waals surface area contributed by atoms with E-state index in [-0.39, 0.29) is 6.10 Å². The average molecular weight is 332 g/mol. The Balaban J connectivity index is 2.09. The van der Waals surface area contributed by atoms with E-state index in [4.69, 9.17) is 14.5 Å². The van der Waals surface area contributed by atoms with E-state index in [1.165, 1.54) is 4.80 Å². The Bertz CT molecular complexity index is 677. The summed E-state index contributed by atoms with van der Waals surface area (Å²) in [4.78, 5) is 12.2. The molecule has 7 nitrogen and oxygen atoms in total. The van der Waals surface area contributed by atoms with Gasteiger partial charge in [0.15, 0.2) is 0 Å². The average Bonchev–Trinajstić information content (AvgIpc) is 3.22. The quantitative estimate of drug-likeness (QED) is 0.757. The summed E-state index contributed by atoms with van der Waals surface area (Å²) in [5.41, 5.74) is 1.31. The number of hydrogen-bond acceptors (Lipinski definition) is 6. The number of hydrogen-bond donors (Lipinski definition) is 0. The molecule has 0 saturated carbocycles. The molecule has 0 amide bonds. The molecule has 1 aliphatic rings. The molecule has 1 aromatic carbocycles. The van der Waals surface area contributed by atoms with Gasteiger partial charge in [0.1, 0.15) is 11.9 Å². The fraction of sp³-hybridized carbons (Fsp3) is 0.588. The van der Waals surface area contributed by atoms with Gasteiger partial charge in [0, 0.05) is 6.42 Å². The summed E-state index contributed by atoms with van der Waals surface area (Å²) >= 11 is 0. The van der Waals surface area contributed by atoms with Crippen molar-refractivity contribution in [3.63, 3.8) is 0 Å². The fourth-order valence-corrected chi connectivity index (χ4v) is 3.19. The molecule has 3 rings (SSSR count). The molecule has 1 aromatic heterocycles. The summed E-state index contributed by atoms with van der Waals surface area (Å²) in [6.45, 7) is 6.71. The third-order valence-corrected chi connectivity index (χ3v) is 4.37. The van der Waals surface area contributed by atoms with E-state index < -0.39 is 5.60 Å². The number of rotatable bonds is 6. The maximum Gasteiger partial charge on any atom is 0.221 e. The first kappa shape index (κ1) is 16.9. The fourth-order valence-electron chi connectivity index (χ4n) is 3.19. The number of aryl methyl sites for hydroxylation is 3. The number of aromatic nitrogens is 4. The molecule has 0 radical (unpaired) electrons. The van der Waals surface area contributed by atoms with Crippen molar-refractivity contribution < 1.29 is 14.5 Å². The predicted molar refractivity (Wildman–Crippen MR) is 87.4 cm³/mol. The molecular weight excluding hydrogens is 308 g/mol. The van der Waals surface area contributed by atoms with Crippen LogP contribution in [0.15, 0.2) is 18.2 Å². The second kappa shape index (κ2) is 6.86. The van der Waals surface area contributed by atoms with Crippen LogP contribution in [0.2, 0.25) is 0 Å². The molecule has 1 aliphatic heterocycles. The monoisotopic (exact) mass is 332 g/mol. The normalized spacial score (nSPS) is 20.1. The van der Waals surface area contributed by atoms with Crippen LogP contribution in [-0.2, 0) is 22.4 Å². The van der Waals surface area contributed by atoms with Crippen LogP contribution in [0, 0.1) is 13.8 Å². The molecule has 0 aliphatic carbocycles. The SMILES string of the molecule is CCCC(Oc1c(C)cccc1C)(c1nnn(C)n1)C1CCOO1. The highest BCUT2D eigenvalue weighted by Crippen LogP contribution is 2.40. The van der Waals surface area contributed by atoms with Crippen molar-refractivity contribution in [3.8, 4) is 5.75 Å². The second-order valence-electron chi connectivity index (χ2n) is 6.26. The smallest absolute Gasteiger partial charge is 0.221 e. The van der Waals surface area contributed by atoms with Crippen LogP contribution < -0.4 is 4.74 Å². The van der Waals surface area contributed by atoms with Gasteiger partial charge in [-0.2, -0.15) is 4.80 Å². The molecule has 1 fully saturated rings. The van der Waals surface area contributed by atoms with Crippen LogP contribution in [0.4, 0.5) is 0 Å². The van der Waals surface area contributed by atoms with Crippen LogP contribution in [0.25, 0.3) is 0 Å². The molecule has 0 bridgehead atoms. The van der Waals surface area contributed by atoms with Gasteiger partial charge < -0.3 is 4.74 Å². The van der Waals surface area contributed by atoms with Crippen molar-refractivity contribution in [2.45, 2.75) is 51.7 Å². The minimum absolute atomic E-state index is 0.277. The molecule has 130 valence electrons. The maximum absolute atomic E-state index is 6.60. The predicted octanol–water partition coefficient (Wildman–Crippen LogP) is 2.62. The van der Waals surface area contributed by atoms with E-state index in [0.717, 1.165) is 29.7 Å². The van der Waals surface area contributed by atoms with Crippen LogP contribution in [-0.4, -0.2) is 32.9 Å². The molecule has 2 unspecified atom stereocenters. The molecule has 7 heteroatoms. The number of tetrazole rings is 1. The highest BCUT2D eigenvalue weighted by Gasteiger charge is 2.50. The van der Waals surface area contributed by atoms with E-state index in [1.807, 2.05) is 32.0 Å². The van der Waals surface area contributed by atoms with E-state index in [0.29, 0.717) is 18.9 Å². The van der Waals surface area contributed by atoms with Crippen LogP contribution >= 0.6 is 0 Å². The third-order valence-electron chi connectivity index (χ3n) is 4.37. The maximum atomic E-state index is 6.60. The van der Waals surface area contributed by atoms with Gasteiger partial charge >= 0.3 is 0 Å². The van der Waals surface area contributed by atoms with E-state index in [2.05, 4.69) is 22.3 Å². The summed E-state index contributed by atoms with van der Waals surface area (Å²) in [6.07, 6.45) is 2.05. The van der Waals surface area contributed by atoms with Crippen molar-refractivity contribution in [1.82, 2.24) is 20.2 Å². The van der Waals surface area contributed by atoms with Gasteiger partial charge in [0.2, 0.25) is 11.4 Å². The van der Waals surface area contributed by atoms with Gasteiger partial charge in [0.05, 0.1) is 13.7 Å². The lowest BCUT2D eigenvalue weighted by Gasteiger charge is -2.35. The van der Waals surface area contributed by atoms with Crippen molar-refractivity contribution in [2.24, 2.45) is 7.05 Å². The third kappa shape index (κ3) is 3.01. The summed E-state index contributed by atoms with van der Waals surface area (Å²) in [7, 11) is 1.75. The van der Waals surface area contributed by atoms with Gasteiger partial charge in [0.25, 0.3) is 0 Å². The van der Waals surface area contributed by atoms with Gasteiger partial charge in [-0.1, -0.05) is 31.5 Å². The minimum Gasteiger partial charge on any atom is -0.476 e. The van der Waals surface area contributed by atoms with Gasteiger partial charge in [-0.3, -0.25) is 0 Å².